The molecule has 1 unspecified atom stereocenters. The van der Waals surface area contributed by atoms with Crippen LogP contribution in [0.25, 0.3) is 0 Å². The van der Waals surface area contributed by atoms with Crippen LogP contribution in [-0.2, 0) is 6.42 Å². The number of halogens is 1. The second kappa shape index (κ2) is 9.99. The molecule has 4 rings (SSSR count). The van der Waals surface area contributed by atoms with Crippen LogP contribution in [0.5, 0.6) is 0 Å². The largest absolute Gasteiger partial charge is 0.313 e. The standard InChI is InChI=1S/C26H29ClN2OS/c1-3-22-17-23(26(31-22)28-25(30)19-8-5-4-6-9-19)24(20-10-7-11-21(27)16-20)29-14-12-18(2)13-15-29/h4-11,16-18,24H,3,12-15H2,1-2H3,(H,28,30). The number of hydrogen-bond acceptors (Lipinski definition) is 3. The summed E-state index contributed by atoms with van der Waals surface area (Å²) >= 11 is 8.07. The van der Waals surface area contributed by atoms with Gasteiger partial charge in [0.1, 0.15) is 5.00 Å². The SMILES string of the molecule is CCc1cc(C(c2cccc(Cl)c2)N2CCC(C)CC2)c(NC(=O)c2ccccc2)s1. The molecule has 5 heteroatoms. The lowest BCUT2D eigenvalue weighted by molar-refractivity contribution is 0.102. The third-order valence-corrected chi connectivity index (χ3v) is 7.51. The summed E-state index contributed by atoms with van der Waals surface area (Å²) in [4.78, 5) is 16.8. The number of piperidine rings is 1. The zero-order valence-electron chi connectivity index (χ0n) is 18.1. The summed E-state index contributed by atoms with van der Waals surface area (Å²) < 4.78 is 0. The molecule has 2 aromatic carbocycles. The van der Waals surface area contributed by atoms with E-state index in [1.165, 1.54) is 28.8 Å². The third kappa shape index (κ3) is 5.20. The average molecular weight is 453 g/mol. The van der Waals surface area contributed by atoms with Crippen molar-refractivity contribution in [1.82, 2.24) is 4.90 Å². The fourth-order valence-corrected chi connectivity index (χ4v) is 5.47. The van der Waals surface area contributed by atoms with Crippen molar-refractivity contribution in [2.75, 3.05) is 18.4 Å². The van der Waals surface area contributed by atoms with E-state index < -0.39 is 0 Å². The van der Waals surface area contributed by atoms with Crippen LogP contribution in [0.3, 0.4) is 0 Å². The first kappa shape index (κ1) is 22.1. The van der Waals surface area contributed by atoms with Crippen molar-refractivity contribution in [2.45, 2.75) is 39.2 Å². The highest BCUT2D eigenvalue weighted by atomic mass is 35.5. The molecule has 1 N–H and O–H groups in total. The Morgan fingerprint density at radius 2 is 1.87 bits per heavy atom. The summed E-state index contributed by atoms with van der Waals surface area (Å²) in [5.41, 5.74) is 3.02. The lowest BCUT2D eigenvalue weighted by atomic mass is 9.92. The zero-order chi connectivity index (χ0) is 21.8. The monoisotopic (exact) mass is 452 g/mol. The Hall–Kier alpha value is -2.14. The van der Waals surface area contributed by atoms with E-state index in [9.17, 15) is 4.79 Å². The van der Waals surface area contributed by atoms with Gasteiger partial charge in [-0.2, -0.15) is 0 Å². The summed E-state index contributed by atoms with van der Waals surface area (Å²) in [5, 5.41) is 4.90. The molecule has 1 fully saturated rings. The lowest BCUT2D eigenvalue weighted by Crippen LogP contribution is -2.37. The minimum atomic E-state index is -0.0662. The van der Waals surface area contributed by atoms with Crippen LogP contribution in [0.1, 0.15) is 59.1 Å². The molecule has 1 aliphatic rings. The van der Waals surface area contributed by atoms with Crippen molar-refractivity contribution in [3.8, 4) is 0 Å². The molecule has 1 aliphatic heterocycles. The third-order valence-electron chi connectivity index (χ3n) is 6.07. The number of likely N-dealkylation sites (tertiary alicyclic amines) is 1. The zero-order valence-corrected chi connectivity index (χ0v) is 19.7. The summed E-state index contributed by atoms with van der Waals surface area (Å²) in [6, 6.07) is 19.9. The molecule has 0 saturated carbocycles. The van der Waals surface area contributed by atoms with Gasteiger partial charge >= 0.3 is 0 Å². The van der Waals surface area contributed by atoms with Crippen molar-refractivity contribution in [1.29, 1.82) is 0 Å². The summed E-state index contributed by atoms with van der Waals surface area (Å²) in [6.45, 7) is 6.58. The molecule has 0 aliphatic carbocycles. The van der Waals surface area contributed by atoms with Crippen molar-refractivity contribution in [2.24, 2.45) is 5.92 Å². The molecular formula is C26H29ClN2OS. The van der Waals surface area contributed by atoms with Crippen LogP contribution in [-0.4, -0.2) is 23.9 Å². The Morgan fingerprint density at radius 1 is 1.13 bits per heavy atom. The number of hydrogen-bond donors (Lipinski definition) is 1. The van der Waals surface area contributed by atoms with E-state index in [2.05, 4.69) is 42.3 Å². The predicted octanol–water partition coefficient (Wildman–Crippen LogP) is 7.04. The number of amides is 1. The number of carbonyl (C=O) groups is 1. The van der Waals surface area contributed by atoms with Gasteiger partial charge in [-0.3, -0.25) is 9.69 Å². The molecule has 3 nitrogen and oxygen atoms in total. The van der Waals surface area contributed by atoms with Gasteiger partial charge in [-0.25, -0.2) is 0 Å². The van der Waals surface area contributed by atoms with Crippen LogP contribution >= 0.6 is 22.9 Å². The minimum Gasteiger partial charge on any atom is -0.313 e. The van der Waals surface area contributed by atoms with Gasteiger partial charge in [0.15, 0.2) is 0 Å². The molecular weight excluding hydrogens is 424 g/mol. The van der Waals surface area contributed by atoms with Crippen LogP contribution < -0.4 is 5.32 Å². The van der Waals surface area contributed by atoms with Crippen molar-refractivity contribution < 1.29 is 4.79 Å². The summed E-state index contributed by atoms with van der Waals surface area (Å²) in [7, 11) is 0. The number of carbonyl (C=O) groups excluding carboxylic acids is 1. The molecule has 0 radical (unpaired) electrons. The van der Waals surface area contributed by atoms with Gasteiger partial charge in [0.25, 0.3) is 5.91 Å². The highest BCUT2D eigenvalue weighted by molar-refractivity contribution is 7.16. The molecule has 0 bridgehead atoms. The first-order chi connectivity index (χ1) is 15.0. The predicted molar refractivity (Wildman–Crippen MR) is 131 cm³/mol. The van der Waals surface area contributed by atoms with E-state index in [0.717, 1.165) is 35.5 Å². The van der Waals surface area contributed by atoms with Gasteiger partial charge in [0.05, 0.1) is 6.04 Å². The van der Waals surface area contributed by atoms with Crippen LogP contribution in [0.15, 0.2) is 60.7 Å². The molecule has 1 amide bonds. The van der Waals surface area contributed by atoms with E-state index in [4.69, 9.17) is 11.6 Å². The topological polar surface area (TPSA) is 32.3 Å². The quantitative estimate of drug-likeness (QED) is 0.435. The molecule has 162 valence electrons. The molecule has 1 atom stereocenters. The normalized spacial score (nSPS) is 16.2. The Bertz CT molecular complexity index is 1020. The van der Waals surface area contributed by atoms with Gasteiger partial charge in [0.2, 0.25) is 0 Å². The average Bonchev–Trinajstić information content (AvgIpc) is 3.18. The van der Waals surface area contributed by atoms with Gasteiger partial charge in [0, 0.05) is 21.0 Å². The number of aryl methyl sites for hydroxylation is 1. The van der Waals surface area contributed by atoms with Gasteiger partial charge in [-0.05, 0) is 74.2 Å². The Labute approximate surface area is 194 Å². The van der Waals surface area contributed by atoms with Gasteiger partial charge in [-0.1, -0.05) is 55.8 Å². The first-order valence-electron chi connectivity index (χ1n) is 11.0. The molecule has 31 heavy (non-hydrogen) atoms. The number of nitrogens with zero attached hydrogens (tertiary/aromatic N) is 1. The number of benzene rings is 2. The Balaban J connectivity index is 1.73. The maximum atomic E-state index is 13.0. The van der Waals surface area contributed by atoms with E-state index in [-0.39, 0.29) is 11.9 Å². The first-order valence-corrected chi connectivity index (χ1v) is 12.2. The fraction of sp³-hybridized carbons (Fsp3) is 0.346. The second-order valence-corrected chi connectivity index (χ2v) is 9.92. The number of anilines is 1. The molecule has 3 aromatic rings. The smallest absolute Gasteiger partial charge is 0.256 e. The van der Waals surface area contributed by atoms with Crippen molar-refractivity contribution in [3.05, 3.63) is 87.3 Å². The minimum absolute atomic E-state index is 0.0662. The van der Waals surface area contributed by atoms with Gasteiger partial charge < -0.3 is 5.32 Å². The summed E-state index contributed by atoms with van der Waals surface area (Å²) in [6.07, 6.45) is 3.32. The molecule has 1 aromatic heterocycles. The highest BCUT2D eigenvalue weighted by Crippen LogP contribution is 2.41. The van der Waals surface area contributed by atoms with Gasteiger partial charge in [-0.15, -0.1) is 11.3 Å². The Morgan fingerprint density at radius 3 is 2.55 bits per heavy atom. The highest BCUT2D eigenvalue weighted by Gasteiger charge is 2.30. The fourth-order valence-electron chi connectivity index (χ4n) is 4.25. The lowest BCUT2D eigenvalue weighted by Gasteiger charge is -2.37. The second-order valence-electron chi connectivity index (χ2n) is 8.35. The molecule has 0 spiro atoms. The van der Waals surface area contributed by atoms with Crippen LogP contribution in [0.4, 0.5) is 5.00 Å². The van der Waals surface area contributed by atoms with Crippen LogP contribution in [0.2, 0.25) is 5.02 Å². The van der Waals surface area contributed by atoms with Crippen LogP contribution in [0, 0.1) is 5.92 Å². The van der Waals surface area contributed by atoms with Crippen molar-refractivity contribution >= 4 is 33.8 Å². The number of thiophene rings is 1. The summed E-state index contributed by atoms with van der Waals surface area (Å²) in [5.74, 6) is 0.686. The molecule has 1 saturated heterocycles. The van der Waals surface area contributed by atoms with E-state index in [1.54, 1.807) is 11.3 Å². The van der Waals surface area contributed by atoms with Crippen molar-refractivity contribution in [3.63, 3.8) is 0 Å². The number of nitrogens with one attached hydrogen (secondary N) is 1. The van der Waals surface area contributed by atoms with E-state index in [0.29, 0.717) is 5.56 Å². The Kier molecular flexibility index (Phi) is 7.11. The van der Waals surface area contributed by atoms with E-state index >= 15 is 0 Å². The van der Waals surface area contributed by atoms with E-state index in [1.807, 2.05) is 42.5 Å². The molecule has 2 heterocycles. The maximum Gasteiger partial charge on any atom is 0.256 e. The number of rotatable bonds is 6. The maximum absolute atomic E-state index is 13.0.